The maximum atomic E-state index is 13.2. The van der Waals surface area contributed by atoms with Crippen molar-refractivity contribution in [3.8, 4) is 5.75 Å². The first-order valence-corrected chi connectivity index (χ1v) is 10.5. The van der Waals surface area contributed by atoms with Crippen molar-refractivity contribution in [1.82, 2.24) is 13.6 Å². The number of amides is 2. The molecule has 0 unspecified atom stereocenters. The highest BCUT2D eigenvalue weighted by Crippen LogP contribution is 2.31. The minimum Gasteiger partial charge on any atom is -0.493 e. The minimum absolute atomic E-state index is 0.0181. The summed E-state index contributed by atoms with van der Waals surface area (Å²) in [6.45, 7) is 1.37. The van der Waals surface area contributed by atoms with Crippen LogP contribution in [0, 0.1) is 0 Å². The summed E-state index contributed by atoms with van der Waals surface area (Å²) in [5, 5.41) is 2.88. The van der Waals surface area contributed by atoms with Gasteiger partial charge in [0.2, 0.25) is 0 Å². The van der Waals surface area contributed by atoms with E-state index in [0.29, 0.717) is 34.7 Å². The van der Waals surface area contributed by atoms with Gasteiger partial charge in [-0.05, 0) is 55.7 Å². The third kappa shape index (κ3) is 3.44. The lowest BCUT2D eigenvalue weighted by Gasteiger charge is -2.37. The average molecular weight is 408 g/mol. The molecular weight excluding hydrogens is 388 g/mol. The van der Waals surface area contributed by atoms with E-state index in [-0.39, 0.29) is 17.9 Å². The van der Waals surface area contributed by atoms with Crippen LogP contribution in [0.2, 0.25) is 0 Å². The van der Waals surface area contributed by atoms with Gasteiger partial charge in [0.25, 0.3) is 11.8 Å². The molecule has 0 aliphatic carbocycles. The van der Waals surface area contributed by atoms with Crippen molar-refractivity contribution < 1.29 is 14.3 Å². The molecule has 2 amide bonds. The van der Waals surface area contributed by atoms with Crippen LogP contribution in [0.15, 0.2) is 36.4 Å². The molecule has 1 fully saturated rings. The van der Waals surface area contributed by atoms with Crippen molar-refractivity contribution >= 4 is 40.3 Å². The first kappa shape index (κ1) is 18.1. The van der Waals surface area contributed by atoms with Gasteiger partial charge < -0.3 is 15.0 Å². The molecule has 0 spiro atoms. The highest BCUT2D eigenvalue weighted by atomic mass is 32.1. The third-order valence-corrected chi connectivity index (χ3v) is 6.14. The number of nitrogens with one attached hydrogen (secondary N) is 1. The van der Waals surface area contributed by atoms with E-state index in [1.807, 2.05) is 4.90 Å². The normalized spacial score (nSPS) is 19.0. The van der Waals surface area contributed by atoms with Crippen LogP contribution in [0.1, 0.15) is 46.4 Å². The minimum atomic E-state index is -0.255. The Kier molecular flexibility index (Phi) is 4.63. The molecule has 1 saturated heterocycles. The molecule has 2 aliphatic rings. The Bertz CT molecular complexity index is 1100. The van der Waals surface area contributed by atoms with Crippen LogP contribution in [0.25, 0.3) is 11.0 Å². The molecule has 0 radical (unpaired) electrons. The van der Waals surface area contributed by atoms with Gasteiger partial charge in [-0.25, -0.2) is 0 Å². The van der Waals surface area contributed by atoms with Gasteiger partial charge in [0.15, 0.2) is 0 Å². The second-order valence-electron chi connectivity index (χ2n) is 7.42. The van der Waals surface area contributed by atoms with Crippen molar-refractivity contribution in [2.75, 3.05) is 18.5 Å². The van der Waals surface area contributed by atoms with Gasteiger partial charge in [0.1, 0.15) is 16.8 Å². The fraction of sp³-hybridized carbons (Fsp3) is 0.333. The summed E-state index contributed by atoms with van der Waals surface area (Å²) >= 11 is 1.12. The van der Waals surface area contributed by atoms with Gasteiger partial charge in [0.05, 0.1) is 23.9 Å². The quantitative estimate of drug-likeness (QED) is 0.699. The monoisotopic (exact) mass is 408 g/mol. The van der Waals surface area contributed by atoms with Crippen molar-refractivity contribution in [2.24, 2.45) is 0 Å². The van der Waals surface area contributed by atoms with Crippen molar-refractivity contribution in [1.29, 1.82) is 0 Å². The SMILES string of the molecule is O=C(Nc1ccc2c(c1)C(=O)N1CCCC[C@@H]1CCO2)c1ccc2nsnc2c1. The van der Waals surface area contributed by atoms with Crippen molar-refractivity contribution in [2.45, 2.75) is 31.7 Å². The van der Waals surface area contributed by atoms with Gasteiger partial charge in [-0.3, -0.25) is 9.59 Å². The Morgan fingerprint density at radius 3 is 2.93 bits per heavy atom. The molecule has 3 heterocycles. The number of nitrogens with zero attached hydrogens (tertiary/aromatic N) is 3. The van der Waals surface area contributed by atoms with E-state index in [2.05, 4.69) is 14.1 Å². The fourth-order valence-electron chi connectivity index (χ4n) is 4.06. The number of hydrogen-bond donors (Lipinski definition) is 1. The molecule has 5 rings (SSSR count). The third-order valence-electron chi connectivity index (χ3n) is 5.58. The number of piperidine rings is 1. The lowest BCUT2D eigenvalue weighted by atomic mass is 9.97. The van der Waals surface area contributed by atoms with Gasteiger partial charge in [-0.1, -0.05) is 0 Å². The van der Waals surface area contributed by atoms with Crippen LogP contribution in [0.3, 0.4) is 0 Å². The lowest BCUT2D eigenvalue weighted by Crippen LogP contribution is -2.45. The number of ether oxygens (including phenoxy) is 1. The van der Waals surface area contributed by atoms with Gasteiger partial charge in [0, 0.05) is 30.3 Å². The van der Waals surface area contributed by atoms with Crippen LogP contribution in [0.5, 0.6) is 5.75 Å². The molecule has 29 heavy (non-hydrogen) atoms. The Hall–Kier alpha value is -3.00. The van der Waals surface area contributed by atoms with Crippen LogP contribution in [0.4, 0.5) is 5.69 Å². The summed E-state index contributed by atoms with van der Waals surface area (Å²) in [5.74, 6) is 0.303. The molecule has 1 N–H and O–H groups in total. The van der Waals surface area contributed by atoms with Crippen molar-refractivity contribution in [3.63, 3.8) is 0 Å². The van der Waals surface area contributed by atoms with Gasteiger partial charge in [-0.15, -0.1) is 0 Å². The second kappa shape index (κ2) is 7.44. The highest BCUT2D eigenvalue weighted by molar-refractivity contribution is 7.00. The number of carbonyl (C=O) groups excluding carboxylic acids is 2. The van der Waals surface area contributed by atoms with Crippen LogP contribution in [-0.2, 0) is 0 Å². The predicted molar refractivity (Wildman–Crippen MR) is 111 cm³/mol. The predicted octanol–water partition coefficient (Wildman–Crippen LogP) is 3.72. The number of carbonyl (C=O) groups is 2. The lowest BCUT2D eigenvalue weighted by molar-refractivity contribution is 0.0548. The van der Waals surface area contributed by atoms with E-state index in [1.54, 1.807) is 36.4 Å². The summed E-state index contributed by atoms with van der Waals surface area (Å²) in [6, 6.07) is 10.7. The first-order chi connectivity index (χ1) is 14.2. The van der Waals surface area contributed by atoms with Crippen LogP contribution < -0.4 is 10.1 Å². The van der Waals surface area contributed by atoms with Crippen molar-refractivity contribution in [3.05, 3.63) is 47.5 Å². The molecule has 0 bridgehead atoms. The zero-order valence-electron chi connectivity index (χ0n) is 15.8. The number of benzene rings is 2. The van der Waals surface area contributed by atoms with E-state index >= 15 is 0 Å². The molecule has 1 aromatic heterocycles. The molecule has 3 aromatic rings. The number of hydrogen-bond acceptors (Lipinski definition) is 6. The summed E-state index contributed by atoms with van der Waals surface area (Å²) in [5.41, 5.74) is 3.03. The van der Waals surface area contributed by atoms with E-state index < -0.39 is 0 Å². The summed E-state index contributed by atoms with van der Waals surface area (Å²) in [6.07, 6.45) is 4.06. The van der Waals surface area contributed by atoms with Crippen LogP contribution >= 0.6 is 11.7 Å². The van der Waals surface area contributed by atoms with Gasteiger partial charge in [-0.2, -0.15) is 8.75 Å². The Morgan fingerprint density at radius 2 is 2.00 bits per heavy atom. The van der Waals surface area contributed by atoms with E-state index in [1.165, 1.54) is 0 Å². The summed E-state index contributed by atoms with van der Waals surface area (Å²) in [4.78, 5) is 27.8. The molecule has 8 heteroatoms. The number of aromatic nitrogens is 2. The highest BCUT2D eigenvalue weighted by Gasteiger charge is 2.31. The maximum Gasteiger partial charge on any atom is 0.257 e. The zero-order valence-corrected chi connectivity index (χ0v) is 16.6. The molecule has 148 valence electrons. The number of anilines is 1. The maximum absolute atomic E-state index is 13.2. The van der Waals surface area contributed by atoms with E-state index in [9.17, 15) is 9.59 Å². The number of fused-ring (bicyclic) bond motifs is 3. The Morgan fingerprint density at radius 1 is 1.10 bits per heavy atom. The number of rotatable bonds is 2. The molecule has 2 aliphatic heterocycles. The second-order valence-corrected chi connectivity index (χ2v) is 7.95. The van der Waals surface area contributed by atoms with Gasteiger partial charge >= 0.3 is 0 Å². The Balaban J connectivity index is 1.41. The molecular formula is C21H20N4O3S. The topological polar surface area (TPSA) is 84.4 Å². The molecule has 2 aromatic carbocycles. The van der Waals surface area contributed by atoms with Crippen LogP contribution in [-0.4, -0.2) is 44.7 Å². The molecule has 1 atom stereocenters. The van der Waals surface area contributed by atoms with E-state index in [0.717, 1.165) is 49.5 Å². The fourth-order valence-corrected chi connectivity index (χ4v) is 4.57. The molecule has 0 saturated carbocycles. The zero-order chi connectivity index (χ0) is 19.8. The standard InChI is InChI=1S/C21H20N4O3S/c26-20(13-4-6-17-18(11-13)24-29-23-17)22-14-5-7-19-16(12-14)21(27)25-9-2-1-3-15(25)8-10-28-19/h4-7,11-12,15H,1-3,8-10H2,(H,22,26)/t15-/m1/s1. The smallest absolute Gasteiger partial charge is 0.257 e. The summed E-state index contributed by atoms with van der Waals surface area (Å²) < 4.78 is 14.2. The summed E-state index contributed by atoms with van der Waals surface area (Å²) in [7, 11) is 0. The first-order valence-electron chi connectivity index (χ1n) is 9.80. The largest absolute Gasteiger partial charge is 0.493 e. The average Bonchev–Trinajstić information content (AvgIpc) is 3.21. The van der Waals surface area contributed by atoms with E-state index in [4.69, 9.17) is 4.74 Å². The Labute approximate surface area is 172 Å². The molecule has 7 nitrogen and oxygen atoms in total.